The topological polar surface area (TPSA) is 45.1 Å². The van der Waals surface area contributed by atoms with Crippen molar-refractivity contribution in [2.45, 2.75) is 37.9 Å². The second-order valence-electron chi connectivity index (χ2n) is 9.14. The molecule has 0 spiro atoms. The Labute approximate surface area is 210 Å². The molecule has 4 aromatic rings. The van der Waals surface area contributed by atoms with Gasteiger partial charge in [-0.3, -0.25) is 0 Å². The van der Waals surface area contributed by atoms with E-state index >= 15 is 0 Å². The number of fused-ring (bicyclic) bond motifs is 1. The van der Waals surface area contributed by atoms with Gasteiger partial charge in [0.05, 0.1) is 23.8 Å². The number of halogens is 4. The van der Waals surface area contributed by atoms with Crippen LogP contribution in [-0.4, -0.2) is 53.0 Å². The van der Waals surface area contributed by atoms with Gasteiger partial charge in [-0.05, 0) is 43.8 Å². The van der Waals surface area contributed by atoms with Gasteiger partial charge in [-0.15, -0.1) is 11.3 Å². The number of benzene rings is 2. The highest BCUT2D eigenvalue weighted by atomic mass is 32.1. The van der Waals surface area contributed by atoms with Crippen molar-refractivity contribution < 1.29 is 17.6 Å². The van der Waals surface area contributed by atoms with Crippen LogP contribution in [0.5, 0.6) is 0 Å². The molecule has 10 heteroatoms. The van der Waals surface area contributed by atoms with E-state index < -0.39 is 24.9 Å². The van der Waals surface area contributed by atoms with Crippen molar-refractivity contribution >= 4 is 33.6 Å². The molecular formula is C26H27F4N5S. The maximum Gasteiger partial charge on any atom is 0.406 e. The number of piperidine rings is 1. The molecule has 0 radical (unpaired) electrons. The summed E-state index contributed by atoms with van der Waals surface area (Å²) < 4.78 is 56.7. The van der Waals surface area contributed by atoms with Crippen LogP contribution in [0.1, 0.15) is 11.3 Å². The minimum Gasteiger partial charge on any atom is -0.380 e. The summed E-state index contributed by atoms with van der Waals surface area (Å²) in [5.41, 5.74) is 2.42. The third-order valence-corrected chi connectivity index (χ3v) is 7.40. The lowest BCUT2D eigenvalue weighted by Gasteiger charge is -2.33. The fourth-order valence-electron chi connectivity index (χ4n) is 4.61. The van der Waals surface area contributed by atoms with Crippen molar-refractivity contribution in [1.82, 2.24) is 14.5 Å². The van der Waals surface area contributed by atoms with Gasteiger partial charge in [0.25, 0.3) is 0 Å². The Morgan fingerprint density at radius 3 is 2.67 bits per heavy atom. The molecule has 5 rings (SSSR count). The number of nitrogens with one attached hydrogen (secondary N) is 2. The predicted molar refractivity (Wildman–Crippen MR) is 137 cm³/mol. The zero-order valence-corrected chi connectivity index (χ0v) is 20.5. The van der Waals surface area contributed by atoms with Gasteiger partial charge >= 0.3 is 6.18 Å². The minimum absolute atomic E-state index is 0.326. The van der Waals surface area contributed by atoms with Crippen LogP contribution in [0.15, 0.2) is 60.8 Å². The number of para-hydroxylation sites is 1. The van der Waals surface area contributed by atoms with Gasteiger partial charge in [-0.1, -0.05) is 24.3 Å². The summed E-state index contributed by atoms with van der Waals surface area (Å²) in [5, 5.41) is 7.71. The number of alkyl halides is 4. The summed E-state index contributed by atoms with van der Waals surface area (Å²) in [6, 6.07) is 16.2. The summed E-state index contributed by atoms with van der Waals surface area (Å²) >= 11 is 1.36. The lowest BCUT2D eigenvalue weighted by Crippen LogP contribution is -2.46. The van der Waals surface area contributed by atoms with E-state index in [2.05, 4.69) is 15.6 Å². The van der Waals surface area contributed by atoms with Crippen molar-refractivity contribution in [2.24, 2.45) is 0 Å². The van der Waals surface area contributed by atoms with Crippen LogP contribution in [0.3, 0.4) is 0 Å². The van der Waals surface area contributed by atoms with E-state index in [-0.39, 0.29) is 0 Å². The van der Waals surface area contributed by atoms with Crippen LogP contribution >= 0.6 is 11.3 Å². The average molecular weight is 518 g/mol. The molecule has 1 saturated heterocycles. The van der Waals surface area contributed by atoms with Crippen LogP contribution in [0.2, 0.25) is 0 Å². The van der Waals surface area contributed by atoms with Gasteiger partial charge in [0.15, 0.2) is 0 Å². The second-order valence-corrected chi connectivity index (χ2v) is 10.3. The van der Waals surface area contributed by atoms with Gasteiger partial charge in [0.1, 0.15) is 17.7 Å². The van der Waals surface area contributed by atoms with Gasteiger partial charge in [-0.25, -0.2) is 9.37 Å². The molecule has 0 amide bonds. The minimum atomic E-state index is -4.41. The zero-order chi connectivity index (χ0) is 25.3. The standard InChI is InChI=1S/C26H27F4N5S/c1-34-11-10-22(20(27)15-34)33-21-8-5-9-23-19(21)12-24(35(23)16-26(28,29)30)25-32-14-18(36-25)13-31-17-6-3-2-4-7-17/h2-9,12,14,20,22,31,33H,10-11,13,15-16H2,1H3/t20-,22+/m1/s1. The zero-order valence-electron chi connectivity index (χ0n) is 19.7. The normalized spacial score (nSPS) is 19.0. The molecule has 2 aromatic carbocycles. The Bertz CT molecular complexity index is 1320. The molecule has 2 aromatic heterocycles. The van der Waals surface area contributed by atoms with E-state index in [1.807, 2.05) is 42.3 Å². The van der Waals surface area contributed by atoms with Gasteiger partial charge in [0.2, 0.25) is 0 Å². The molecule has 36 heavy (non-hydrogen) atoms. The first kappa shape index (κ1) is 24.6. The smallest absolute Gasteiger partial charge is 0.380 e. The highest BCUT2D eigenvalue weighted by Crippen LogP contribution is 2.37. The molecule has 0 saturated carbocycles. The number of aromatic nitrogens is 2. The number of anilines is 2. The van der Waals surface area contributed by atoms with Crippen molar-refractivity contribution in [3.63, 3.8) is 0 Å². The number of likely N-dealkylation sites (tertiary alicyclic amines) is 1. The SMILES string of the molecule is CN1CC[C@H](Nc2cccc3c2cc(-c2ncc(CNc4ccccc4)s2)n3CC(F)(F)F)[C@H](F)C1. The van der Waals surface area contributed by atoms with Crippen molar-refractivity contribution in [3.8, 4) is 10.7 Å². The Kier molecular flexibility index (Phi) is 6.90. The average Bonchev–Trinajstić information content (AvgIpc) is 3.45. The maximum atomic E-state index is 14.7. The second kappa shape index (κ2) is 10.1. The quantitative estimate of drug-likeness (QED) is 0.279. The molecule has 1 fully saturated rings. The molecule has 190 valence electrons. The van der Waals surface area contributed by atoms with Gasteiger partial charge < -0.3 is 20.1 Å². The maximum absolute atomic E-state index is 14.7. The lowest BCUT2D eigenvalue weighted by molar-refractivity contribution is -0.139. The Balaban J connectivity index is 1.47. The van der Waals surface area contributed by atoms with Crippen LogP contribution in [0.4, 0.5) is 28.9 Å². The highest BCUT2D eigenvalue weighted by Gasteiger charge is 2.32. The molecule has 0 aliphatic carbocycles. The molecular weight excluding hydrogens is 490 g/mol. The molecule has 3 heterocycles. The monoisotopic (exact) mass is 517 g/mol. The number of hydrogen-bond acceptors (Lipinski definition) is 5. The van der Waals surface area contributed by atoms with E-state index in [9.17, 15) is 17.6 Å². The van der Waals surface area contributed by atoms with E-state index in [0.717, 1.165) is 17.1 Å². The van der Waals surface area contributed by atoms with E-state index in [1.54, 1.807) is 30.5 Å². The molecule has 0 unspecified atom stereocenters. The largest absolute Gasteiger partial charge is 0.406 e. The van der Waals surface area contributed by atoms with Crippen LogP contribution in [-0.2, 0) is 13.1 Å². The van der Waals surface area contributed by atoms with Crippen LogP contribution in [0.25, 0.3) is 21.6 Å². The first-order valence-corrected chi connectivity index (χ1v) is 12.6. The number of hydrogen-bond donors (Lipinski definition) is 2. The molecule has 1 aliphatic heterocycles. The number of nitrogens with zero attached hydrogens (tertiary/aromatic N) is 3. The highest BCUT2D eigenvalue weighted by molar-refractivity contribution is 7.15. The predicted octanol–water partition coefficient (Wildman–Crippen LogP) is 6.39. The van der Waals surface area contributed by atoms with E-state index in [0.29, 0.717) is 46.8 Å². The summed E-state index contributed by atoms with van der Waals surface area (Å²) in [7, 11) is 1.88. The first-order valence-electron chi connectivity index (χ1n) is 11.8. The lowest BCUT2D eigenvalue weighted by atomic mass is 10.0. The van der Waals surface area contributed by atoms with Crippen molar-refractivity contribution in [3.05, 3.63) is 65.7 Å². The molecule has 2 atom stereocenters. The summed E-state index contributed by atoms with van der Waals surface area (Å²) in [6.45, 7) is 0.467. The Morgan fingerprint density at radius 1 is 1.11 bits per heavy atom. The summed E-state index contributed by atoms with van der Waals surface area (Å²) in [6.07, 6.45) is -3.16. The molecule has 1 aliphatic rings. The third kappa shape index (κ3) is 5.49. The van der Waals surface area contributed by atoms with Gasteiger partial charge in [-0.2, -0.15) is 13.2 Å². The van der Waals surface area contributed by atoms with Gasteiger partial charge in [0, 0.05) is 40.9 Å². The summed E-state index contributed by atoms with van der Waals surface area (Å²) in [4.78, 5) is 7.30. The first-order chi connectivity index (χ1) is 17.3. The molecule has 2 N–H and O–H groups in total. The number of rotatable bonds is 7. The fourth-order valence-corrected chi connectivity index (χ4v) is 5.49. The van der Waals surface area contributed by atoms with E-state index in [4.69, 9.17) is 0 Å². The number of thiazole rings is 1. The summed E-state index contributed by atoms with van der Waals surface area (Å²) in [5.74, 6) is 0. The molecule has 0 bridgehead atoms. The molecule has 5 nitrogen and oxygen atoms in total. The Hall–Kier alpha value is -3.11. The van der Waals surface area contributed by atoms with E-state index in [1.165, 1.54) is 15.9 Å². The van der Waals surface area contributed by atoms with Crippen molar-refractivity contribution in [1.29, 1.82) is 0 Å². The van der Waals surface area contributed by atoms with Crippen molar-refractivity contribution in [2.75, 3.05) is 30.8 Å². The Morgan fingerprint density at radius 2 is 1.92 bits per heavy atom. The van der Waals surface area contributed by atoms with Crippen LogP contribution in [0, 0.1) is 0 Å². The third-order valence-electron chi connectivity index (χ3n) is 6.38. The van der Waals surface area contributed by atoms with Crippen LogP contribution < -0.4 is 10.6 Å². The fraction of sp³-hybridized carbons (Fsp3) is 0.346.